The third kappa shape index (κ3) is 3.52. The molecule has 0 radical (unpaired) electrons. The average Bonchev–Trinajstić information content (AvgIpc) is 2.46. The first kappa shape index (κ1) is 14.0. The highest BCUT2D eigenvalue weighted by atomic mass is 35.5. The van der Waals surface area contributed by atoms with Crippen molar-refractivity contribution in [3.63, 3.8) is 0 Å². The molecule has 1 aromatic carbocycles. The summed E-state index contributed by atoms with van der Waals surface area (Å²) in [5, 5.41) is 12.6. The van der Waals surface area contributed by atoms with Crippen LogP contribution in [-0.4, -0.2) is 26.8 Å². The largest absolute Gasteiger partial charge is 0.493 e. The molecular weight excluding hydrogens is 264 g/mol. The van der Waals surface area contributed by atoms with Crippen LogP contribution in [0.5, 0.6) is 11.5 Å². The molecule has 2 rings (SSSR count). The average molecular weight is 281 g/mol. The lowest BCUT2D eigenvalue weighted by molar-refractivity contribution is 0.208. The maximum atomic E-state index is 8.89. The molecule has 0 bridgehead atoms. The molecule has 4 nitrogen and oxygen atoms in total. The molecule has 1 aliphatic heterocycles. The smallest absolute Gasteiger partial charge is 0.179 e. The van der Waals surface area contributed by atoms with Gasteiger partial charge >= 0.3 is 0 Å². The number of nitrogens with zero attached hydrogens (tertiary/aromatic N) is 1. The number of methoxy groups -OCH3 is 1. The lowest BCUT2D eigenvalue weighted by atomic mass is 9.99. The fourth-order valence-electron chi connectivity index (χ4n) is 2.17. The fraction of sp³-hybridized carbons (Fsp3) is 0.500. The third-order valence-electron chi connectivity index (χ3n) is 3.28. The van der Waals surface area contributed by atoms with Gasteiger partial charge in [-0.2, -0.15) is 5.26 Å². The standard InChI is InChI=1S/C14H17ClN2O2/c1-18-13-7-11(8-16)6-12(15)14(13)19-9-10-2-4-17-5-3-10/h6-7,10,17H,2-5,9H2,1H3. The number of hydrogen-bond donors (Lipinski definition) is 1. The van der Waals surface area contributed by atoms with Gasteiger partial charge in [-0.15, -0.1) is 0 Å². The van der Waals surface area contributed by atoms with Gasteiger partial charge in [0.25, 0.3) is 0 Å². The number of piperidine rings is 1. The van der Waals surface area contributed by atoms with Crippen LogP contribution >= 0.6 is 11.6 Å². The number of nitrogens with one attached hydrogen (secondary N) is 1. The quantitative estimate of drug-likeness (QED) is 0.921. The Hall–Kier alpha value is -1.44. The Labute approximate surface area is 118 Å². The summed E-state index contributed by atoms with van der Waals surface area (Å²) in [4.78, 5) is 0. The second-order valence-electron chi connectivity index (χ2n) is 4.61. The van der Waals surface area contributed by atoms with Crippen LogP contribution in [0.4, 0.5) is 0 Å². The Balaban J connectivity index is 2.08. The molecule has 1 heterocycles. The van der Waals surface area contributed by atoms with Gasteiger partial charge in [0.2, 0.25) is 0 Å². The summed E-state index contributed by atoms with van der Waals surface area (Å²) in [5.74, 6) is 1.58. The van der Waals surface area contributed by atoms with E-state index in [2.05, 4.69) is 5.32 Å². The van der Waals surface area contributed by atoms with Crippen LogP contribution in [-0.2, 0) is 0 Å². The van der Waals surface area contributed by atoms with E-state index in [9.17, 15) is 0 Å². The second-order valence-corrected chi connectivity index (χ2v) is 5.01. The molecular formula is C14H17ClN2O2. The number of halogens is 1. The van der Waals surface area contributed by atoms with Gasteiger partial charge in [0.1, 0.15) is 0 Å². The summed E-state index contributed by atoms with van der Waals surface area (Å²) < 4.78 is 11.0. The van der Waals surface area contributed by atoms with Gasteiger partial charge in [0, 0.05) is 6.07 Å². The molecule has 19 heavy (non-hydrogen) atoms. The molecule has 0 unspecified atom stereocenters. The van der Waals surface area contributed by atoms with Gasteiger partial charge < -0.3 is 14.8 Å². The van der Waals surface area contributed by atoms with Gasteiger partial charge in [-0.1, -0.05) is 11.6 Å². The van der Waals surface area contributed by atoms with Crippen molar-refractivity contribution in [1.82, 2.24) is 5.32 Å². The lowest BCUT2D eigenvalue weighted by Gasteiger charge is -2.23. The highest BCUT2D eigenvalue weighted by Crippen LogP contribution is 2.36. The van der Waals surface area contributed by atoms with Crippen LogP contribution in [0.2, 0.25) is 5.02 Å². The Morgan fingerprint density at radius 1 is 1.42 bits per heavy atom. The van der Waals surface area contributed by atoms with Crippen LogP contribution in [0.1, 0.15) is 18.4 Å². The number of benzene rings is 1. The molecule has 0 saturated carbocycles. The first-order valence-electron chi connectivity index (χ1n) is 6.35. The first-order valence-corrected chi connectivity index (χ1v) is 6.73. The van der Waals surface area contributed by atoms with Crippen molar-refractivity contribution in [2.45, 2.75) is 12.8 Å². The SMILES string of the molecule is COc1cc(C#N)cc(Cl)c1OCC1CCNCC1. The van der Waals surface area contributed by atoms with E-state index in [1.165, 1.54) is 0 Å². The highest BCUT2D eigenvalue weighted by Gasteiger charge is 2.17. The van der Waals surface area contributed by atoms with Crippen LogP contribution in [0.25, 0.3) is 0 Å². The molecule has 0 aliphatic carbocycles. The summed E-state index contributed by atoms with van der Waals surface area (Å²) in [6.45, 7) is 2.70. The van der Waals surface area contributed by atoms with Crippen molar-refractivity contribution in [3.05, 3.63) is 22.7 Å². The van der Waals surface area contributed by atoms with Crippen LogP contribution in [0.15, 0.2) is 12.1 Å². The van der Waals surface area contributed by atoms with Crippen molar-refractivity contribution >= 4 is 11.6 Å². The fourth-order valence-corrected chi connectivity index (χ4v) is 2.44. The second kappa shape index (κ2) is 6.65. The van der Waals surface area contributed by atoms with Gasteiger partial charge in [0.15, 0.2) is 11.5 Å². The molecule has 102 valence electrons. The zero-order valence-corrected chi connectivity index (χ0v) is 11.7. The van der Waals surface area contributed by atoms with Crippen molar-refractivity contribution < 1.29 is 9.47 Å². The van der Waals surface area contributed by atoms with Crippen molar-refractivity contribution in [3.8, 4) is 17.6 Å². The predicted octanol–water partition coefficient (Wildman–Crippen LogP) is 2.60. The number of nitriles is 1. The van der Waals surface area contributed by atoms with E-state index in [1.54, 1.807) is 19.2 Å². The molecule has 1 aliphatic rings. The van der Waals surface area contributed by atoms with Crippen molar-refractivity contribution in [1.29, 1.82) is 5.26 Å². The number of hydrogen-bond acceptors (Lipinski definition) is 4. The van der Waals surface area contributed by atoms with E-state index in [0.717, 1.165) is 25.9 Å². The van der Waals surface area contributed by atoms with E-state index >= 15 is 0 Å². The molecule has 1 saturated heterocycles. The topological polar surface area (TPSA) is 54.3 Å². The van der Waals surface area contributed by atoms with Crippen LogP contribution in [0.3, 0.4) is 0 Å². The van der Waals surface area contributed by atoms with E-state index < -0.39 is 0 Å². The summed E-state index contributed by atoms with van der Waals surface area (Å²) in [6, 6.07) is 5.29. The van der Waals surface area contributed by atoms with E-state index in [4.69, 9.17) is 26.3 Å². The third-order valence-corrected chi connectivity index (χ3v) is 3.56. The summed E-state index contributed by atoms with van der Waals surface area (Å²) >= 11 is 6.14. The minimum Gasteiger partial charge on any atom is -0.493 e. The minimum absolute atomic E-state index is 0.421. The Bertz CT molecular complexity index is 479. The maximum Gasteiger partial charge on any atom is 0.179 e. The van der Waals surface area contributed by atoms with E-state index in [0.29, 0.717) is 34.6 Å². The number of ether oxygens (including phenoxy) is 2. The van der Waals surface area contributed by atoms with Gasteiger partial charge in [-0.3, -0.25) is 0 Å². The lowest BCUT2D eigenvalue weighted by Crippen LogP contribution is -2.30. The number of rotatable bonds is 4. The molecule has 1 N–H and O–H groups in total. The molecule has 1 aromatic rings. The van der Waals surface area contributed by atoms with Crippen LogP contribution < -0.4 is 14.8 Å². The zero-order valence-electron chi connectivity index (χ0n) is 10.9. The Morgan fingerprint density at radius 2 is 2.16 bits per heavy atom. The molecule has 0 atom stereocenters. The Kier molecular flexibility index (Phi) is 4.89. The van der Waals surface area contributed by atoms with E-state index in [-0.39, 0.29) is 0 Å². The zero-order chi connectivity index (χ0) is 13.7. The highest BCUT2D eigenvalue weighted by molar-refractivity contribution is 6.32. The summed E-state index contributed by atoms with van der Waals surface area (Å²) in [7, 11) is 1.55. The molecule has 1 fully saturated rings. The molecule has 0 spiro atoms. The monoisotopic (exact) mass is 280 g/mol. The predicted molar refractivity (Wildman–Crippen MR) is 73.8 cm³/mol. The van der Waals surface area contributed by atoms with Gasteiger partial charge in [-0.05, 0) is 37.9 Å². The normalized spacial score (nSPS) is 15.8. The van der Waals surface area contributed by atoms with Gasteiger partial charge in [0.05, 0.1) is 30.4 Å². The van der Waals surface area contributed by atoms with E-state index in [1.807, 2.05) is 6.07 Å². The van der Waals surface area contributed by atoms with Crippen molar-refractivity contribution in [2.75, 3.05) is 26.8 Å². The summed E-state index contributed by atoms with van der Waals surface area (Å²) in [5.41, 5.74) is 0.469. The van der Waals surface area contributed by atoms with Crippen LogP contribution in [0, 0.1) is 17.2 Å². The molecule has 0 amide bonds. The van der Waals surface area contributed by atoms with Gasteiger partial charge in [-0.25, -0.2) is 0 Å². The molecule has 5 heteroatoms. The first-order chi connectivity index (χ1) is 9.24. The minimum atomic E-state index is 0.421. The maximum absolute atomic E-state index is 8.89. The van der Waals surface area contributed by atoms with Crippen molar-refractivity contribution in [2.24, 2.45) is 5.92 Å². The summed E-state index contributed by atoms with van der Waals surface area (Å²) in [6.07, 6.45) is 2.21. The molecule has 0 aromatic heterocycles. The Morgan fingerprint density at radius 3 is 2.79 bits per heavy atom.